The first-order valence-electron chi connectivity index (χ1n) is 8.45. The Labute approximate surface area is 155 Å². The molecule has 1 unspecified atom stereocenters. The van der Waals surface area contributed by atoms with Gasteiger partial charge in [0, 0.05) is 28.1 Å². The lowest BCUT2D eigenvalue weighted by molar-refractivity contribution is 0.0922. The zero-order valence-corrected chi connectivity index (χ0v) is 15.3. The van der Waals surface area contributed by atoms with Crippen LogP contribution in [0.3, 0.4) is 0 Å². The topological polar surface area (TPSA) is 68.3 Å². The number of benzene rings is 2. The molecule has 136 valence electrons. The van der Waals surface area contributed by atoms with Gasteiger partial charge in [0.2, 0.25) is 0 Å². The molecule has 0 saturated carbocycles. The maximum absolute atomic E-state index is 13.1. The predicted molar refractivity (Wildman–Crippen MR) is 103 cm³/mol. The number of rotatable bonds is 7. The highest BCUT2D eigenvalue weighted by Gasteiger charge is 2.20. The lowest BCUT2D eigenvalue weighted by atomic mass is 10.1. The van der Waals surface area contributed by atoms with Gasteiger partial charge in [0.05, 0.1) is 0 Å². The number of thioether (sulfide) groups is 1. The number of hydrogen-bond donors (Lipinski definition) is 2. The number of amides is 1. The third kappa shape index (κ3) is 4.26. The molecule has 0 radical (unpaired) electrons. The van der Waals surface area contributed by atoms with Crippen molar-refractivity contribution >= 4 is 28.6 Å². The minimum Gasteiger partial charge on any atom is -0.451 e. The number of nitrogens with one attached hydrogen (secondary N) is 1. The average molecular weight is 372 g/mol. The summed E-state index contributed by atoms with van der Waals surface area (Å²) in [6.45, 7) is 2.98. The third-order valence-corrected chi connectivity index (χ3v) is 5.15. The average Bonchev–Trinajstić information content (AvgIpc) is 3.04. The molecule has 3 aromatic rings. The second-order valence-corrected chi connectivity index (χ2v) is 7.25. The highest BCUT2D eigenvalue weighted by molar-refractivity contribution is 7.98. The van der Waals surface area contributed by atoms with Crippen LogP contribution in [0, 0.1) is 11.7 Å². The van der Waals surface area contributed by atoms with E-state index < -0.39 is 0 Å². The van der Waals surface area contributed by atoms with Crippen molar-refractivity contribution in [3.63, 3.8) is 0 Å². The monoisotopic (exact) mass is 372 g/mol. The smallest absolute Gasteiger partial charge is 0.287 e. The molecular formula is C20H21FN2O2S. The van der Waals surface area contributed by atoms with E-state index in [1.54, 1.807) is 12.1 Å². The van der Waals surface area contributed by atoms with E-state index in [4.69, 9.17) is 10.2 Å². The van der Waals surface area contributed by atoms with Crippen LogP contribution < -0.4 is 11.1 Å². The second-order valence-electron chi connectivity index (χ2n) is 6.20. The lowest BCUT2D eigenvalue weighted by Gasteiger charge is -2.10. The molecule has 1 atom stereocenters. The van der Waals surface area contributed by atoms with Gasteiger partial charge in [0.1, 0.15) is 11.4 Å². The molecule has 0 spiro atoms. The lowest BCUT2D eigenvalue weighted by Crippen LogP contribution is -2.31. The van der Waals surface area contributed by atoms with Gasteiger partial charge >= 0.3 is 0 Å². The predicted octanol–water partition coefficient (Wildman–Crippen LogP) is 4.19. The Morgan fingerprint density at radius 2 is 1.96 bits per heavy atom. The fourth-order valence-electron chi connectivity index (χ4n) is 2.54. The third-order valence-electron chi connectivity index (χ3n) is 4.11. The van der Waals surface area contributed by atoms with Gasteiger partial charge in [-0.15, -0.1) is 11.8 Å². The molecule has 0 aliphatic heterocycles. The molecule has 2 aromatic carbocycles. The first kappa shape index (κ1) is 18.5. The summed E-state index contributed by atoms with van der Waals surface area (Å²) in [6.07, 6.45) is 0. The van der Waals surface area contributed by atoms with Crippen molar-refractivity contribution < 1.29 is 13.6 Å². The zero-order chi connectivity index (χ0) is 18.5. The quantitative estimate of drug-likeness (QED) is 0.610. The van der Waals surface area contributed by atoms with Crippen molar-refractivity contribution in [2.75, 3.05) is 13.1 Å². The molecule has 1 aromatic heterocycles. The number of para-hydroxylation sites is 1. The van der Waals surface area contributed by atoms with E-state index in [1.807, 2.05) is 31.2 Å². The van der Waals surface area contributed by atoms with Crippen LogP contribution in [0.1, 0.15) is 23.0 Å². The van der Waals surface area contributed by atoms with Crippen molar-refractivity contribution in [1.29, 1.82) is 0 Å². The molecule has 4 nitrogen and oxygen atoms in total. The van der Waals surface area contributed by atoms with Gasteiger partial charge in [0.15, 0.2) is 5.76 Å². The molecule has 1 amide bonds. The van der Waals surface area contributed by atoms with Crippen molar-refractivity contribution in [3.05, 3.63) is 65.7 Å². The number of hydrogen-bond acceptors (Lipinski definition) is 4. The summed E-state index contributed by atoms with van der Waals surface area (Å²) in [6, 6.07) is 13.9. The largest absolute Gasteiger partial charge is 0.451 e. The van der Waals surface area contributed by atoms with Gasteiger partial charge < -0.3 is 15.5 Å². The Kier molecular flexibility index (Phi) is 5.96. The molecule has 26 heavy (non-hydrogen) atoms. The summed E-state index contributed by atoms with van der Waals surface area (Å²) in [5, 5.41) is 3.80. The van der Waals surface area contributed by atoms with Crippen molar-refractivity contribution in [2.45, 2.75) is 17.6 Å². The van der Waals surface area contributed by atoms with E-state index in [0.29, 0.717) is 30.2 Å². The summed E-state index contributed by atoms with van der Waals surface area (Å²) in [4.78, 5) is 13.5. The Bertz CT molecular complexity index is 892. The van der Waals surface area contributed by atoms with Gasteiger partial charge in [-0.05, 0) is 42.8 Å². The van der Waals surface area contributed by atoms with Crippen molar-refractivity contribution in [3.8, 4) is 0 Å². The minimum absolute atomic E-state index is 0.195. The molecular weight excluding hydrogens is 351 g/mol. The SMILES string of the molecule is CC(CN)CNC(=O)c1oc2ccccc2c1CSc1ccc(F)cc1. The summed E-state index contributed by atoms with van der Waals surface area (Å²) >= 11 is 1.54. The molecule has 3 rings (SSSR count). The first-order valence-corrected chi connectivity index (χ1v) is 9.44. The van der Waals surface area contributed by atoms with Crippen LogP contribution >= 0.6 is 11.8 Å². The van der Waals surface area contributed by atoms with E-state index in [0.717, 1.165) is 15.8 Å². The standard InChI is InChI=1S/C20H21FN2O2S/c1-13(10-22)11-23-20(24)19-17(16-4-2-3-5-18(16)25-19)12-26-15-8-6-14(21)7-9-15/h2-9,13H,10-12,22H2,1H3,(H,23,24). The molecule has 0 aliphatic carbocycles. The fourth-order valence-corrected chi connectivity index (χ4v) is 3.47. The maximum atomic E-state index is 13.1. The number of halogens is 1. The van der Waals surface area contributed by atoms with E-state index in [-0.39, 0.29) is 17.6 Å². The second kappa shape index (κ2) is 8.38. The zero-order valence-electron chi connectivity index (χ0n) is 14.5. The number of fused-ring (bicyclic) bond motifs is 1. The molecule has 1 heterocycles. The highest BCUT2D eigenvalue weighted by atomic mass is 32.2. The molecule has 0 saturated heterocycles. The van der Waals surface area contributed by atoms with E-state index >= 15 is 0 Å². The highest BCUT2D eigenvalue weighted by Crippen LogP contribution is 2.32. The van der Waals surface area contributed by atoms with E-state index in [9.17, 15) is 9.18 Å². The maximum Gasteiger partial charge on any atom is 0.287 e. The minimum atomic E-state index is -0.266. The molecule has 3 N–H and O–H groups in total. The number of carbonyl (C=O) groups excluding carboxylic acids is 1. The summed E-state index contributed by atoms with van der Waals surface area (Å²) in [5.41, 5.74) is 7.13. The van der Waals surface area contributed by atoms with Crippen molar-refractivity contribution in [2.24, 2.45) is 11.7 Å². The molecule has 6 heteroatoms. The van der Waals surface area contributed by atoms with Crippen LogP contribution in [0.15, 0.2) is 57.8 Å². The Balaban J connectivity index is 1.84. The molecule has 0 bridgehead atoms. The molecule has 0 aliphatic rings. The first-order chi connectivity index (χ1) is 12.6. The normalized spacial score (nSPS) is 12.3. The van der Waals surface area contributed by atoms with Crippen molar-refractivity contribution in [1.82, 2.24) is 5.32 Å². The van der Waals surface area contributed by atoms with Crippen LogP contribution in [-0.4, -0.2) is 19.0 Å². The van der Waals surface area contributed by atoms with Crippen LogP contribution in [0.4, 0.5) is 4.39 Å². The Hall–Kier alpha value is -2.31. The van der Waals surface area contributed by atoms with Gasteiger partial charge in [-0.1, -0.05) is 25.1 Å². The molecule has 0 fully saturated rings. The number of furan rings is 1. The van der Waals surface area contributed by atoms with Gasteiger partial charge in [-0.25, -0.2) is 4.39 Å². The van der Waals surface area contributed by atoms with Gasteiger partial charge in [0.25, 0.3) is 5.91 Å². The van der Waals surface area contributed by atoms with Crippen LogP contribution in [0.25, 0.3) is 11.0 Å². The number of nitrogens with two attached hydrogens (primary N) is 1. The Morgan fingerprint density at radius 1 is 1.23 bits per heavy atom. The van der Waals surface area contributed by atoms with Crippen LogP contribution in [0.5, 0.6) is 0 Å². The number of carbonyl (C=O) groups is 1. The fraction of sp³-hybridized carbons (Fsp3) is 0.250. The van der Waals surface area contributed by atoms with Crippen LogP contribution in [0.2, 0.25) is 0 Å². The van der Waals surface area contributed by atoms with Gasteiger partial charge in [-0.3, -0.25) is 4.79 Å². The summed E-state index contributed by atoms with van der Waals surface area (Å²) in [5.74, 6) is 0.566. The van der Waals surface area contributed by atoms with Gasteiger partial charge in [-0.2, -0.15) is 0 Å². The Morgan fingerprint density at radius 3 is 2.69 bits per heavy atom. The van der Waals surface area contributed by atoms with Crippen LogP contribution in [-0.2, 0) is 5.75 Å². The van der Waals surface area contributed by atoms with E-state index in [1.165, 1.54) is 23.9 Å². The van der Waals surface area contributed by atoms with E-state index in [2.05, 4.69) is 5.32 Å². The summed E-state index contributed by atoms with van der Waals surface area (Å²) < 4.78 is 18.9. The summed E-state index contributed by atoms with van der Waals surface area (Å²) in [7, 11) is 0.